The highest BCUT2D eigenvalue weighted by Gasteiger charge is 2.27. The number of amides is 1. The molecule has 2 N–H and O–H groups in total. The van der Waals surface area contributed by atoms with E-state index in [4.69, 9.17) is 0 Å². The average molecular weight is 333 g/mol. The first-order valence-electron chi connectivity index (χ1n) is 8.52. The Morgan fingerprint density at radius 2 is 1.58 bits per heavy atom. The largest absolute Gasteiger partial charge is 0.507 e. The van der Waals surface area contributed by atoms with E-state index in [-0.39, 0.29) is 16.7 Å². The molecule has 0 saturated heterocycles. The monoisotopic (exact) mass is 333 g/mol. The summed E-state index contributed by atoms with van der Waals surface area (Å²) in [6.45, 7) is 14.9. The Kier molecular flexibility index (Phi) is 6.20. The molecule has 4 nitrogen and oxygen atoms in total. The molecular weight excluding hydrogens is 302 g/mol. The van der Waals surface area contributed by atoms with Gasteiger partial charge in [-0.05, 0) is 33.9 Å². The van der Waals surface area contributed by atoms with E-state index in [0.29, 0.717) is 18.6 Å². The van der Waals surface area contributed by atoms with Gasteiger partial charge in [-0.15, -0.1) is 0 Å². The van der Waals surface area contributed by atoms with Crippen molar-refractivity contribution in [2.24, 2.45) is 0 Å². The van der Waals surface area contributed by atoms with E-state index < -0.39 is 5.91 Å². The van der Waals surface area contributed by atoms with Crippen LogP contribution in [0.2, 0.25) is 0 Å². The van der Waals surface area contributed by atoms with Gasteiger partial charge in [0.05, 0.1) is 0 Å². The topological polar surface area (TPSA) is 66.4 Å². The van der Waals surface area contributed by atoms with Crippen LogP contribution in [-0.2, 0) is 20.4 Å². The van der Waals surface area contributed by atoms with Crippen LogP contribution in [0, 0.1) is 0 Å². The van der Waals surface area contributed by atoms with Gasteiger partial charge in [-0.2, -0.15) is 0 Å². The van der Waals surface area contributed by atoms with Crippen LogP contribution in [0.3, 0.4) is 0 Å². The van der Waals surface area contributed by atoms with Crippen molar-refractivity contribution < 1.29 is 14.7 Å². The lowest BCUT2D eigenvalue weighted by molar-refractivity contribution is -0.131. The van der Waals surface area contributed by atoms with E-state index in [1.807, 2.05) is 12.1 Å². The molecule has 0 radical (unpaired) electrons. The van der Waals surface area contributed by atoms with Gasteiger partial charge in [-0.1, -0.05) is 60.6 Å². The minimum Gasteiger partial charge on any atom is -0.507 e. The highest BCUT2D eigenvalue weighted by molar-refractivity contribution is 6.23. The zero-order valence-corrected chi connectivity index (χ0v) is 16.0. The smallest absolute Gasteiger partial charge is 0.284 e. The molecule has 1 aromatic carbocycles. The SMILES string of the molecule is CCC(CNC(=O)C=O)c1cc(C(C)(C)C)c(O)c(C(C)(C)C)c1. The summed E-state index contributed by atoms with van der Waals surface area (Å²) in [6, 6.07) is 4.07. The Labute approximate surface area is 145 Å². The second-order valence-electron chi connectivity index (χ2n) is 8.43. The van der Waals surface area contributed by atoms with Crippen LogP contribution in [0.15, 0.2) is 12.1 Å². The van der Waals surface area contributed by atoms with E-state index in [0.717, 1.165) is 23.1 Å². The molecule has 0 aliphatic carbocycles. The maximum absolute atomic E-state index is 11.3. The fraction of sp³-hybridized carbons (Fsp3) is 0.600. The number of rotatable bonds is 5. The van der Waals surface area contributed by atoms with Crippen LogP contribution in [0.5, 0.6) is 5.75 Å². The van der Waals surface area contributed by atoms with E-state index in [1.54, 1.807) is 0 Å². The van der Waals surface area contributed by atoms with Gasteiger partial charge in [-0.25, -0.2) is 0 Å². The van der Waals surface area contributed by atoms with Crippen molar-refractivity contribution in [1.82, 2.24) is 5.32 Å². The summed E-state index contributed by atoms with van der Waals surface area (Å²) in [5, 5.41) is 13.4. The molecule has 134 valence electrons. The summed E-state index contributed by atoms with van der Waals surface area (Å²) < 4.78 is 0. The first-order valence-corrected chi connectivity index (χ1v) is 8.52. The van der Waals surface area contributed by atoms with Gasteiger partial charge >= 0.3 is 0 Å². The quantitative estimate of drug-likeness (QED) is 0.636. The number of hydrogen-bond acceptors (Lipinski definition) is 3. The predicted octanol–water partition coefficient (Wildman–Crippen LogP) is 3.80. The number of aldehydes is 1. The van der Waals surface area contributed by atoms with E-state index in [2.05, 4.69) is 53.8 Å². The zero-order valence-electron chi connectivity index (χ0n) is 16.0. The number of phenolic OH excluding ortho intramolecular Hbond substituents is 1. The van der Waals surface area contributed by atoms with Crippen LogP contribution in [0.4, 0.5) is 0 Å². The molecule has 1 atom stereocenters. The highest BCUT2D eigenvalue weighted by atomic mass is 16.3. The molecule has 0 aromatic heterocycles. The number of aromatic hydroxyl groups is 1. The van der Waals surface area contributed by atoms with Crippen molar-refractivity contribution in [3.63, 3.8) is 0 Å². The summed E-state index contributed by atoms with van der Waals surface area (Å²) in [4.78, 5) is 21.8. The van der Waals surface area contributed by atoms with Gasteiger partial charge in [0.25, 0.3) is 5.91 Å². The standard InChI is InChI=1S/C20H31NO3/c1-8-13(11-21-17(23)12-22)14-9-15(19(2,3)4)18(24)16(10-14)20(5,6)7/h9-10,12-13,24H,8,11H2,1-7H3,(H,21,23). The molecule has 1 rings (SSSR count). The van der Waals surface area contributed by atoms with E-state index in [1.165, 1.54) is 0 Å². The third-order valence-electron chi connectivity index (χ3n) is 4.34. The summed E-state index contributed by atoms with van der Waals surface area (Å²) in [5.41, 5.74) is 2.51. The Hall–Kier alpha value is -1.84. The van der Waals surface area contributed by atoms with Crippen LogP contribution < -0.4 is 5.32 Å². The van der Waals surface area contributed by atoms with Gasteiger partial charge in [-0.3, -0.25) is 9.59 Å². The van der Waals surface area contributed by atoms with Gasteiger partial charge in [0, 0.05) is 12.5 Å². The van der Waals surface area contributed by atoms with Crippen molar-refractivity contribution in [1.29, 1.82) is 0 Å². The van der Waals surface area contributed by atoms with Crippen molar-refractivity contribution in [2.45, 2.75) is 71.6 Å². The highest BCUT2D eigenvalue weighted by Crippen LogP contribution is 2.41. The molecule has 0 spiro atoms. The van der Waals surface area contributed by atoms with Crippen LogP contribution in [0.25, 0.3) is 0 Å². The van der Waals surface area contributed by atoms with Crippen LogP contribution >= 0.6 is 0 Å². The molecule has 0 aliphatic rings. The molecule has 4 heteroatoms. The molecule has 0 heterocycles. The summed E-state index contributed by atoms with van der Waals surface area (Å²) in [7, 11) is 0. The molecule has 0 bridgehead atoms. The number of benzene rings is 1. The second kappa shape index (κ2) is 7.37. The molecule has 0 fully saturated rings. The predicted molar refractivity (Wildman–Crippen MR) is 97.6 cm³/mol. The second-order valence-corrected chi connectivity index (χ2v) is 8.43. The first kappa shape index (κ1) is 20.2. The summed E-state index contributed by atoms with van der Waals surface area (Å²) in [6.07, 6.45) is 1.13. The fourth-order valence-electron chi connectivity index (χ4n) is 2.80. The van der Waals surface area contributed by atoms with Gasteiger partial charge in [0.2, 0.25) is 6.29 Å². The summed E-state index contributed by atoms with van der Waals surface area (Å²) in [5.74, 6) is -0.151. The molecule has 0 aliphatic heterocycles. The van der Waals surface area contributed by atoms with Crippen molar-refractivity contribution in [3.8, 4) is 5.75 Å². The van der Waals surface area contributed by atoms with Gasteiger partial charge < -0.3 is 10.4 Å². The molecule has 1 aromatic rings. The van der Waals surface area contributed by atoms with Crippen LogP contribution in [0.1, 0.15) is 77.5 Å². The minimum absolute atomic E-state index is 0.0942. The van der Waals surface area contributed by atoms with Crippen molar-refractivity contribution in [3.05, 3.63) is 28.8 Å². The molecule has 1 unspecified atom stereocenters. The molecule has 1 amide bonds. The number of carbonyl (C=O) groups is 2. The summed E-state index contributed by atoms with van der Waals surface area (Å²) >= 11 is 0. The number of carbonyl (C=O) groups excluding carboxylic acids is 2. The number of phenols is 1. The van der Waals surface area contributed by atoms with Gasteiger partial charge in [0.1, 0.15) is 5.75 Å². The zero-order chi connectivity index (χ0) is 18.7. The lowest BCUT2D eigenvalue weighted by atomic mass is 9.77. The maximum Gasteiger partial charge on any atom is 0.284 e. The third-order valence-corrected chi connectivity index (χ3v) is 4.34. The minimum atomic E-state index is -0.598. The normalized spacial score (nSPS) is 13.5. The average Bonchev–Trinajstić information content (AvgIpc) is 2.46. The van der Waals surface area contributed by atoms with E-state index >= 15 is 0 Å². The van der Waals surface area contributed by atoms with Crippen molar-refractivity contribution >= 4 is 12.2 Å². The Bertz CT molecular complexity index is 571. The third kappa shape index (κ3) is 4.83. The Balaban J connectivity index is 3.41. The van der Waals surface area contributed by atoms with E-state index in [9.17, 15) is 14.7 Å². The lowest BCUT2D eigenvalue weighted by Crippen LogP contribution is -2.29. The first-order chi connectivity index (χ1) is 10.9. The molecule has 24 heavy (non-hydrogen) atoms. The van der Waals surface area contributed by atoms with Gasteiger partial charge in [0.15, 0.2) is 0 Å². The molecular formula is C20H31NO3. The number of nitrogens with one attached hydrogen (secondary N) is 1. The molecule has 0 saturated carbocycles. The Morgan fingerprint density at radius 1 is 1.12 bits per heavy atom. The van der Waals surface area contributed by atoms with Crippen LogP contribution in [-0.4, -0.2) is 23.8 Å². The number of hydrogen-bond donors (Lipinski definition) is 2. The van der Waals surface area contributed by atoms with Crippen molar-refractivity contribution in [2.75, 3.05) is 6.54 Å². The Morgan fingerprint density at radius 3 is 1.92 bits per heavy atom. The maximum atomic E-state index is 11.3. The fourth-order valence-corrected chi connectivity index (χ4v) is 2.80. The lowest BCUT2D eigenvalue weighted by Gasteiger charge is -2.30.